The number of phenolic OH excluding ortho intramolecular Hbond substituents is 2. The van der Waals surface area contributed by atoms with Crippen molar-refractivity contribution in [3.8, 4) is 17.2 Å². The van der Waals surface area contributed by atoms with Crippen molar-refractivity contribution >= 4 is 0 Å². The number of benzene rings is 2. The molecular weight excluding hydrogens is 264 g/mol. The zero-order valence-corrected chi connectivity index (χ0v) is 13.3. The van der Waals surface area contributed by atoms with Crippen molar-refractivity contribution in [2.45, 2.75) is 33.6 Å². The van der Waals surface area contributed by atoms with Crippen LogP contribution in [0.3, 0.4) is 0 Å². The molecule has 0 spiro atoms. The van der Waals surface area contributed by atoms with Gasteiger partial charge >= 0.3 is 0 Å². The highest BCUT2D eigenvalue weighted by Gasteiger charge is 2.04. The molecule has 2 N–H and O–H groups in total. The molecule has 114 valence electrons. The number of ether oxygens (including phenoxy) is 1. The molecule has 21 heavy (non-hydrogen) atoms. The van der Waals surface area contributed by atoms with Crippen LogP contribution in [0.1, 0.15) is 36.5 Å². The first-order chi connectivity index (χ1) is 9.85. The highest BCUT2D eigenvalue weighted by molar-refractivity contribution is 5.41. The summed E-state index contributed by atoms with van der Waals surface area (Å²) < 4.78 is 4.88. The van der Waals surface area contributed by atoms with Crippen LogP contribution in [-0.4, -0.2) is 17.3 Å². The Morgan fingerprint density at radius 3 is 1.90 bits per heavy atom. The van der Waals surface area contributed by atoms with Gasteiger partial charge in [-0.25, -0.2) is 0 Å². The molecule has 0 unspecified atom stereocenters. The number of methoxy groups -OCH3 is 1. The molecule has 0 aliphatic carbocycles. The van der Waals surface area contributed by atoms with E-state index in [0.717, 1.165) is 16.7 Å². The maximum absolute atomic E-state index is 9.46. The number of rotatable bonds is 2. The molecule has 0 amide bonds. The Hall–Kier alpha value is -2.16. The summed E-state index contributed by atoms with van der Waals surface area (Å²) in [5.41, 5.74) is 3.21. The molecule has 0 bridgehead atoms. The first kappa shape index (κ1) is 16.9. The first-order valence-corrected chi connectivity index (χ1v) is 6.98. The van der Waals surface area contributed by atoms with Crippen LogP contribution in [0.2, 0.25) is 0 Å². The number of aromatic hydroxyl groups is 2. The lowest BCUT2D eigenvalue weighted by atomic mass is 10.0. The van der Waals surface area contributed by atoms with Gasteiger partial charge in [-0.1, -0.05) is 32.0 Å². The Morgan fingerprint density at radius 2 is 1.43 bits per heavy atom. The zero-order chi connectivity index (χ0) is 16.0. The predicted molar refractivity (Wildman–Crippen MR) is 86.3 cm³/mol. The Kier molecular flexibility index (Phi) is 6.10. The van der Waals surface area contributed by atoms with E-state index in [4.69, 9.17) is 9.84 Å². The quantitative estimate of drug-likeness (QED) is 0.853. The van der Waals surface area contributed by atoms with Gasteiger partial charge in [0.1, 0.15) is 5.75 Å². The third-order valence-electron chi connectivity index (χ3n) is 3.14. The van der Waals surface area contributed by atoms with Gasteiger partial charge < -0.3 is 14.9 Å². The second-order valence-corrected chi connectivity index (χ2v) is 5.39. The van der Waals surface area contributed by atoms with Gasteiger partial charge in [-0.05, 0) is 54.7 Å². The van der Waals surface area contributed by atoms with E-state index < -0.39 is 0 Å². The normalized spacial score (nSPS) is 10.0. The molecule has 2 aromatic rings. The fourth-order valence-corrected chi connectivity index (χ4v) is 1.93. The molecule has 2 aromatic carbocycles. The van der Waals surface area contributed by atoms with E-state index in [-0.39, 0.29) is 5.75 Å². The van der Waals surface area contributed by atoms with Crippen LogP contribution in [0.25, 0.3) is 0 Å². The molecule has 0 fully saturated rings. The molecule has 2 rings (SSSR count). The summed E-state index contributed by atoms with van der Waals surface area (Å²) in [5.74, 6) is 1.53. The van der Waals surface area contributed by atoms with Crippen LogP contribution in [0, 0.1) is 13.8 Å². The summed E-state index contributed by atoms with van der Waals surface area (Å²) in [5, 5.41) is 18.6. The van der Waals surface area contributed by atoms with E-state index in [0.29, 0.717) is 17.4 Å². The summed E-state index contributed by atoms with van der Waals surface area (Å²) >= 11 is 0. The molecule has 0 radical (unpaired) electrons. The minimum Gasteiger partial charge on any atom is -0.508 e. The number of hydrogen-bond acceptors (Lipinski definition) is 3. The van der Waals surface area contributed by atoms with Gasteiger partial charge in [0, 0.05) is 0 Å². The fourth-order valence-electron chi connectivity index (χ4n) is 1.93. The molecule has 0 aromatic heterocycles. The standard InChI is InChI=1S/C10H14O.C8H10O2/c1-7(2)9-5-4-8(3)6-10(9)11;1-6-3-4-7(9)8(5-6)10-2/h4-7,11H,1-3H3;3-5,9H,1-2H3. The molecule has 0 saturated carbocycles. The third kappa shape index (κ3) is 5.03. The van der Waals surface area contributed by atoms with Gasteiger partial charge in [-0.2, -0.15) is 0 Å². The van der Waals surface area contributed by atoms with Crippen molar-refractivity contribution in [3.05, 3.63) is 53.1 Å². The van der Waals surface area contributed by atoms with Crippen LogP contribution in [0.15, 0.2) is 36.4 Å². The predicted octanol–water partition coefficient (Wildman–Crippen LogP) is 4.53. The summed E-state index contributed by atoms with van der Waals surface area (Å²) in [6.07, 6.45) is 0. The van der Waals surface area contributed by atoms with E-state index in [1.54, 1.807) is 18.2 Å². The van der Waals surface area contributed by atoms with Crippen LogP contribution in [-0.2, 0) is 0 Å². The van der Waals surface area contributed by atoms with Crippen LogP contribution >= 0.6 is 0 Å². The highest BCUT2D eigenvalue weighted by Crippen LogP contribution is 2.26. The van der Waals surface area contributed by atoms with Gasteiger partial charge in [-0.3, -0.25) is 0 Å². The van der Waals surface area contributed by atoms with Crippen molar-refractivity contribution in [1.29, 1.82) is 0 Å². The van der Waals surface area contributed by atoms with Crippen molar-refractivity contribution < 1.29 is 14.9 Å². The third-order valence-corrected chi connectivity index (χ3v) is 3.14. The molecule has 0 aliphatic rings. The fraction of sp³-hybridized carbons (Fsp3) is 0.333. The first-order valence-electron chi connectivity index (χ1n) is 6.98. The number of phenols is 2. The molecule has 3 nitrogen and oxygen atoms in total. The maximum atomic E-state index is 9.46. The van der Waals surface area contributed by atoms with Crippen molar-refractivity contribution in [1.82, 2.24) is 0 Å². The Balaban J connectivity index is 0.000000211. The second kappa shape index (κ2) is 7.58. The molecule has 0 saturated heterocycles. The number of hydrogen-bond donors (Lipinski definition) is 2. The Bertz CT molecular complexity index is 589. The van der Waals surface area contributed by atoms with Gasteiger partial charge in [0.05, 0.1) is 7.11 Å². The van der Waals surface area contributed by atoms with Crippen LogP contribution < -0.4 is 4.74 Å². The lowest BCUT2D eigenvalue weighted by Crippen LogP contribution is -1.87. The van der Waals surface area contributed by atoms with Gasteiger partial charge in [0.25, 0.3) is 0 Å². The molecule has 0 heterocycles. The van der Waals surface area contributed by atoms with Crippen molar-refractivity contribution in [2.75, 3.05) is 7.11 Å². The highest BCUT2D eigenvalue weighted by atomic mass is 16.5. The van der Waals surface area contributed by atoms with Crippen LogP contribution in [0.4, 0.5) is 0 Å². The SMILES string of the molecule is COc1cc(C)ccc1O.Cc1ccc(C(C)C)c(O)c1. The average molecular weight is 288 g/mol. The Morgan fingerprint density at radius 1 is 0.857 bits per heavy atom. The minimum absolute atomic E-state index is 0.188. The Labute approximate surface area is 126 Å². The van der Waals surface area contributed by atoms with E-state index in [1.807, 2.05) is 32.0 Å². The molecule has 0 aliphatic heterocycles. The van der Waals surface area contributed by atoms with E-state index in [9.17, 15) is 5.11 Å². The largest absolute Gasteiger partial charge is 0.508 e. The summed E-state index contributed by atoms with van der Waals surface area (Å²) in [6.45, 7) is 8.07. The summed E-state index contributed by atoms with van der Waals surface area (Å²) in [6, 6.07) is 11.0. The average Bonchev–Trinajstić information content (AvgIpc) is 2.41. The van der Waals surface area contributed by atoms with Gasteiger partial charge in [0.2, 0.25) is 0 Å². The minimum atomic E-state index is 0.188. The van der Waals surface area contributed by atoms with Crippen molar-refractivity contribution in [2.24, 2.45) is 0 Å². The van der Waals surface area contributed by atoms with E-state index in [1.165, 1.54) is 7.11 Å². The van der Waals surface area contributed by atoms with Gasteiger partial charge in [0.15, 0.2) is 11.5 Å². The maximum Gasteiger partial charge on any atom is 0.160 e. The summed E-state index contributed by atoms with van der Waals surface area (Å²) in [4.78, 5) is 0. The lowest BCUT2D eigenvalue weighted by molar-refractivity contribution is 0.373. The smallest absolute Gasteiger partial charge is 0.160 e. The number of aryl methyl sites for hydroxylation is 2. The molecule has 3 heteroatoms. The van der Waals surface area contributed by atoms with E-state index >= 15 is 0 Å². The summed E-state index contributed by atoms with van der Waals surface area (Å²) in [7, 11) is 1.54. The van der Waals surface area contributed by atoms with Gasteiger partial charge in [-0.15, -0.1) is 0 Å². The zero-order valence-electron chi connectivity index (χ0n) is 13.3. The van der Waals surface area contributed by atoms with Crippen molar-refractivity contribution in [3.63, 3.8) is 0 Å². The topological polar surface area (TPSA) is 49.7 Å². The molecule has 0 atom stereocenters. The molecular formula is C18H24O3. The van der Waals surface area contributed by atoms with E-state index in [2.05, 4.69) is 13.8 Å². The van der Waals surface area contributed by atoms with Crippen LogP contribution in [0.5, 0.6) is 17.2 Å². The lowest BCUT2D eigenvalue weighted by Gasteiger charge is -2.07. The monoisotopic (exact) mass is 288 g/mol. The second-order valence-electron chi connectivity index (χ2n) is 5.39.